The Hall–Kier alpha value is -3.66. The molecule has 202 valence electrons. The van der Waals surface area contributed by atoms with Gasteiger partial charge in [0.1, 0.15) is 0 Å². The SMILES string of the molecule is O=C(C1=C[C@H](c2ccsc2)C[C@H](OCc2ccc(CO)cc2)O1)N1CCC(n2c(=O)[nH]c3ccccc32)CC1. The van der Waals surface area contributed by atoms with Crippen molar-refractivity contribution in [2.45, 2.75) is 50.7 Å². The number of piperidine rings is 1. The third kappa shape index (κ3) is 5.43. The number of aliphatic hydroxyl groups excluding tert-OH is 1. The number of aliphatic hydroxyl groups is 1. The first kappa shape index (κ1) is 25.6. The second kappa shape index (κ2) is 11.2. The number of aromatic nitrogens is 2. The second-order valence-corrected chi connectivity index (χ2v) is 10.9. The van der Waals surface area contributed by atoms with E-state index in [9.17, 15) is 14.7 Å². The summed E-state index contributed by atoms with van der Waals surface area (Å²) >= 11 is 1.63. The molecule has 9 heteroatoms. The Labute approximate surface area is 230 Å². The number of hydrogen-bond acceptors (Lipinski definition) is 6. The predicted molar refractivity (Wildman–Crippen MR) is 149 cm³/mol. The molecule has 0 saturated carbocycles. The summed E-state index contributed by atoms with van der Waals surface area (Å²) in [6.07, 6.45) is 3.38. The minimum absolute atomic E-state index is 0.00122. The van der Waals surface area contributed by atoms with Crippen LogP contribution in [-0.4, -0.2) is 44.8 Å². The van der Waals surface area contributed by atoms with E-state index < -0.39 is 6.29 Å². The van der Waals surface area contributed by atoms with Crippen LogP contribution in [-0.2, 0) is 27.5 Å². The zero-order valence-corrected chi connectivity index (χ0v) is 22.3. The number of para-hydroxylation sites is 2. The van der Waals surface area contributed by atoms with Gasteiger partial charge < -0.3 is 24.5 Å². The highest BCUT2D eigenvalue weighted by Gasteiger charge is 2.33. The lowest BCUT2D eigenvalue weighted by Gasteiger charge is -2.35. The highest BCUT2D eigenvalue weighted by molar-refractivity contribution is 7.08. The van der Waals surface area contributed by atoms with Gasteiger partial charge in [0.15, 0.2) is 5.76 Å². The summed E-state index contributed by atoms with van der Waals surface area (Å²) in [5.41, 5.74) is 4.59. The number of benzene rings is 2. The third-order valence-electron chi connectivity index (χ3n) is 7.62. The molecule has 0 aliphatic carbocycles. The lowest BCUT2D eigenvalue weighted by atomic mass is 9.95. The van der Waals surface area contributed by atoms with Gasteiger partial charge in [0.05, 0.1) is 24.2 Å². The van der Waals surface area contributed by atoms with Crippen molar-refractivity contribution in [1.29, 1.82) is 0 Å². The number of carbonyl (C=O) groups excluding carboxylic acids is 1. The predicted octanol–water partition coefficient (Wildman–Crippen LogP) is 4.68. The van der Waals surface area contributed by atoms with Crippen LogP contribution < -0.4 is 5.69 Å². The van der Waals surface area contributed by atoms with Crippen molar-refractivity contribution < 1.29 is 19.4 Å². The molecule has 1 fully saturated rings. The number of amides is 1. The monoisotopic (exact) mass is 545 g/mol. The molecule has 2 aromatic carbocycles. The first-order valence-electron chi connectivity index (χ1n) is 13.3. The minimum Gasteiger partial charge on any atom is -0.459 e. The average Bonchev–Trinajstić information content (AvgIpc) is 3.64. The zero-order chi connectivity index (χ0) is 26.8. The maximum Gasteiger partial charge on any atom is 0.326 e. The Morgan fingerprint density at radius 1 is 1.08 bits per heavy atom. The number of allylic oxidation sites excluding steroid dienone is 1. The number of nitrogens with zero attached hydrogens (tertiary/aromatic N) is 2. The lowest BCUT2D eigenvalue weighted by molar-refractivity contribution is -0.156. The van der Waals surface area contributed by atoms with E-state index in [-0.39, 0.29) is 30.2 Å². The van der Waals surface area contributed by atoms with Crippen LogP contribution in [0.5, 0.6) is 0 Å². The van der Waals surface area contributed by atoms with Crippen LogP contribution in [0.25, 0.3) is 11.0 Å². The van der Waals surface area contributed by atoms with Crippen LogP contribution in [0.15, 0.2) is 82.0 Å². The molecular weight excluding hydrogens is 514 g/mol. The molecule has 0 radical (unpaired) electrons. The van der Waals surface area contributed by atoms with Gasteiger partial charge in [-0.15, -0.1) is 0 Å². The standard InChI is InChI=1S/C30H31N3O5S/c34-17-20-5-7-21(8-6-20)18-37-28-16-23(22-11-14-39-19-22)15-27(38-28)29(35)32-12-9-24(10-13-32)33-26-4-2-1-3-25(26)31-30(33)36/h1-8,11,14-15,19,23-24,28,34H,9-10,12-13,16-18H2,(H,31,36)/t23-,28+/m0/s1. The van der Waals surface area contributed by atoms with Crippen molar-refractivity contribution in [3.63, 3.8) is 0 Å². The van der Waals surface area contributed by atoms with E-state index >= 15 is 0 Å². The molecule has 1 amide bonds. The first-order chi connectivity index (χ1) is 19.1. The van der Waals surface area contributed by atoms with E-state index in [2.05, 4.69) is 16.4 Å². The molecule has 0 unspecified atom stereocenters. The molecule has 2 aromatic heterocycles. The van der Waals surface area contributed by atoms with Crippen molar-refractivity contribution in [3.05, 3.63) is 104 Å². The molecule has 6 rings (SSSR count). The van der Waals surface area contributed by atoms with Gasteiger partial charge in [-0.1, -0.05) is 36.4 Å². The summed E-state index contributed by atoms with van der Waals surface area (Å²) < 4.78 is 14.1. The summed E-state index contributed by atoms with van der Waals surface area (Å²) in [5, 5.41) is 13.4. The number of ether oxygens (including phenoxy) is 2. The number of thiophene rings is 1. The largest absolute Gasteiger partial charge is 0.459 e. The molecule has 4 heterocycles. The molecule has 4 aromatic rings. The fraction of sp³-hybridized carbons (Fsp3) is 0.333. The van der Waals surface area contributed by atoms with E-state index in [1.807, 2.05) is 69.5 Å². The number of hydrogen-bond donors (Lipinski definition) is 2. The van der Waals surface area contributed by atoms with Crippen molar-refractivity contribution in [2.24, 2.45) is 0 Å². The van der Waals surface area contributed by atoms with Gasteiger partial charge in [0.2, 0.25) is 6.29 Å². The summed E-state index contributed by atoms with van der Waals surface area (Å²) in [4.78, 5) is 31.0. The Bertz CT molecular complexity index is 1510. The van der Waals surface area contributed by atoms with Crippen LogP contribution in [0.2, 0.25) is 0 Å². The van der Waals surface area contributed by atoms with Crippen LogP contribution in [0.1, 0.15) is 47.9 Å². The maximum absolute atomic E-state index is 13.6. The summed E-state index contributed by atoms with van der Waals surface area (Å²) in [6.45, 7) is 1.43. The Morgan fingerprint density at radius 3 is 2.59 bits per heavy atom. The quantitative estimate of drug-likeness (QED) is 0.352. The van der Waals surface area contributed by atoms with E-state index in [0.717, 1.165) is 27.7 Å². The Kier molecular flexibility index (Phi) is 7.36. The van der Waals surface area contributed by atoms with E-state index in [0.29, 0.717) is 44.7 Å². The van der Waals surface area contributed by atoms with Gasteiger partial charge in [-0.05, 0) is 64.6 Å². The number of carbonyl (C=O) groups is 1. The normalized spacial score (nSPS) is 20.1. The summed E-state index contributed by atoms with van der Waals surface area (Å²) in [5.74, 6) is 0.203. The second-order valence-electron chi connectivity index (χ2n) is 10.1. The molecule has 1 saturated heterocycles. The fourth-order valence-electron chi connectivity index (χ4n) is 5.48. The van der Waals surface area contributed by atoms with Gasteiger partial charge in [-0.25, -0.2) is 4.79 Å². The molecule has 0 bridgehead atoms. The third-order valence-corrected chi connectivity index (χ3v) is 8.32. The topological polar surface area (TPSA) is 96.8 Å². The number of imidazole rings is 1. The molecule has 0 spiro atoms. The van der Waals surface area contributed by atoms with Gasteiger partial charge in [-0.2, -0.15) is 11.3 Å². The van der Waals surface area contributed by atoms with Crippen LogP contribution >= 0.6 is 11.3 Å². The average molecular weight is 546 g/mol. The van der Waals surface area contributed by atoms with E-state index in [1.165, 1.54) is 0 Å². The highest BCUT2D eigenvalue weighted by Crippen LogP contribution is 2.34. The van der Waals surface area contributed by atoms with Gasteiger partial charge in [-0.3, -0.25) is 9.36 Å². The minimum atomic E-state index is -0.557. The Balaban J connectivity index is 1.14. The van der Waals surface area contributed by atoms with E-state index in [1.54, 1.807) is 11.3 Å². The smallest absolute Gasteiger partial charge is 0.326 e. The summed E-state index contributed by atoms with van der Waals surface area (Å²) in [6, 6.07) is 17.4. The van der Waals surface area contributed by atoms with Crippen LogP contribution in [0.4, 0.5) is 0 Å². The number of rotatable bonds is 7. The van der Waals surface area contributed by atoms with Crippen molar-refractivity contribution >= 4 is 28.3 Å². The molecule has 39 heavy (non-hydrogen) atoms. The lowest BCUT2D eigenvalue weighted by Crippen LogP contribution is -2.42. The van der Waals surface area contributed by atoms with Crippen molar-refractivity contribution in [3.8, 4) is 0 Å². The van der Waals surface area contributed by atoms with Gasteiger partial charge in [0.25, 0.3) is 5.91 Å². The van der Waals surface area contributed by atoms with Gasteiger partial charge in [0, 0.05) is 31.5 Å². The van der Waals surface area contributed by atoms with Crippen molar-refractivity contribution in [2.75, 3.05) is 13.1 Å². The zero-order valence-electron chi connectivity index (χ0n) is 21.5. The number of aromatic amines is 1. The molecule has 2 aliphatic heterocycles. The van der Waals surface area contributed by atoms with Crippen molar-refractivity contribution in [1.82, 2.24) is 14.5 Å². The molecule has 2 atom stereocenters. The molecule has 8 nitrogen and oxygen atoms in total. The van der Waals surface area contributed by atoms with Gasteiger partial charge >= 0.3 is 5.69 Å². The summed E-state index contributed by atoms with van der Waals surface area (Å²) in [7, 11) is 0. The number of likely N-dealkylation sites (tertiary alicyclic amines) is 1. The van der Waals surface area contributed by atoms with Crippen LogP contribution in [0.3, 0.4) is 0 Å². The number of fused-ring (bicyclic) bond motifs is 1. The molecule has 2 N–H and O–H groups in total. The maximum atomic E-state index is 13.6. The first-order valence-corrected chi connectivity index (χ1v) is 14.2. The van der Waals surface area contributed by atoms with Crippen LogP contribution in [0, 0.1) is 0 Å². The molecular formula is C30H31N3O5S. The van der Waals surface area contributed by atoms with E-state index in [4.69, 9.17) is 9.47 Å². The highest BCUT2D eigenvalue weighted by atomic mass is 32.1. The molecule has 2 aliphatic rings. The Morgan fingerprint density at radius 2 is 1.85 bits per heavy atom. The number of nitrogens with one attached hydrogen (secondary N) is 1. The number of H-pyrrole nitrogens is 1. The fourth-order valence-corrected chi connectivity index (χ4v) is 6.20.